The Morgan fingerprint density at radius 2 is 1.58 bits per heavy atom. The van der Waals surface area contributed by atoms with E-state index in [0.29, 0.717) is 5.56 Å². The second-order valence-electron chi connectivity index (χ2n) is 4.71. The summed E-state index contributed by atoms with van der Waals surface area (Å²) in [4.78, 5) is 35.4. The first-order valence-electron chi connectivity index (χ1n) is 7.39. The summed E-state index contributed by atoms with van der Waals surface area (Å²) >= 11 is 0. The van der Waals surface area contributed by atoms with Crippen molar-refractivity contribution >= 4 is 23.7 Å². The lowest BCUT2D eigenvalue weighted by Crippen LogP contribution is -2.20. The van der Waals surface area contributed by atoms with Crippen molar-refractivity contribution in [3.8, 4) is 5.75 Å². The smallest absolute Gasteiger partial charge is 0.349 e. The Hall–Kier alpha value is -2.83. The van der Waals surface area contributed by atoms with E-state index in [0.717, 1.165) is 0 Å². The van der Waals surface area contributed by atoms with Gasteiger partial charge in [0, 0.05) is 6.92 Å². The van der Waals surface area contributed by atoms with Crippen LogP contribution in [-0.4, -0.2) is 36.2 Å². The van der Waals surface area contributed by atoms with Crippen LogP contribution in [-0.2, 0) is 23.9 Å². The number of aliphatic hydroxyl groups excluding tert-OH is 1. The van der Waals surface area contributed by atoms with Gasteiger partial charge in [0.05, 0.1) is 18.8 Å². The van der Waals surface area contributed by atoms with E-state index in [1.807, 2.05) is 0 Å². The molecule has 0 aliphatic rings. The van der Waals surface area contributed by atoms with Crippen molar-refractivity contribution in [3.05, 3.63) is 34.9 Å². The van der Waals surface area contributed by atoms with Gasteiger partial charge in [-0.1, -0.05) is 12.1 Å². The molecule has 1 aromatic carbocycles. The molecule has 0 aliphatic heterocycles. The molecule has 0 aromatic heterocycles. The number of carbonyl (C=O) groups is 3. The van der Waals surface area contributed by atoms with Crippen LogP contribution in [0.5, 0.6) is 5.75 Å². The molecule has 24 heavy (non-hydrogen) atoms. The second kappa shape index (κ2) is 8.71. The lowest BCUT2D eigenvalue weighted by Gasteiger charge is -2.14. The fraction of sp³-hybridized carbons (Fsp3) is 0.353. The summed E-state index contributed by atoms with van der Waals surface area (Å²) in [7, 11) is 0. The number of hydrogen-bond acceptors (Lipinski definition) is 7. The van der Waals surface area contributed by atoms with E-state index in [1.165, 1.54) is 13.0 Å². The number of hydrogen-bond donors (Lipinski definition) is 1. The third-order valence-electron chi connectivity index (χ3n) is 2.91. The summed E-state index contributed by atoms with van der Waals surface area (Å²) in [5, 5.41) is 10.5. The van der Waals surface area contributed by atoms with Crippen LogP contribution in [0.2, 0.25) is 0 Å². The SMILES string of the molecule is CCOC(=O)C(C(=O)OCC)=C(O)c1cccc(C)c1OC(C)=O. The number of aryl methyl sites for hydroxylation is 1. The summed E-state index contributed by atoms with van der Waals surface area (Å²) < 4.78 is 14.7. The highest BCUT2D eigenvalue weighted by Gasteiger charge is 2.29. The lowest BCUT2D eigenvalue weighted by atomic mass is 10.0. The Kier molecular flexibility index (Phi) is 6.98. The van der Waals surface area contributed by atoms with E-state index in [9.17, 15) is 19.5 Å². The van der Waals surface area contributed by atoms with Crippen molar-refractivity contribution in [2.75, 3.05) is 13.2 Å². The van der Waals surface area contributed by atoms with Gasteiger partial charge in [-0.05, 0) is 32.4 Å². The number of benzene rings is 1. The summed E-state index contributed by atoms with van der Waals surface area (Å²) in [6, 6.07) is 4.66. The first kappa shape index (κ1) is 19.2. The number of esters is 3. The monoisotopic (exact) mass is 336 g/mol. The maximum atomic E-state index is 12.0. The van der Waals surface area contributed by atoms with Crippen LogP contribution in [0.3, 0.4) is 0 Å². The molecule has 0 spiro atoms. The van der Waals surface area contributed by atoms with Crippen LogP contribution in [0.1, 0.15) is 31.9 Å². The molecule has 0 aliphatic carbocycles. The minimum atomic E-state index is -1.02. The molecular formula is C17H20O7. The molecule has 0 bridgehead atoms. The largest absolute Gasteiger partial charge is 0.506 e. The standard InChI is InChI=1S/C17H20O7/c1-5-22-16(20)13(17(21)23-6-2)14(19)12-9-7-8-10(3)15(12)24-11(4)18/h7-9,19H,5-6H2,1-4H3. The molecule has 0 saturated heterocycles. The maximum absolute atomic E-state index is 12.0. The molecule has 0 saturated carbocycles. The van der Waals surface area contributed by atoms with Gasteiger partial charge in [0.1, 0.15) is 11.5 Å². The predicted octanol–water partition coefficient (Wildman–Crippen LogP) is 2.32. The number of carbonyl (C=O) groups excluding carboxylic acids is 3. The topological polar surface area (TPSA) is 99.1 Å². The van der Waals surface area contributed by atoms with Gasteiger partial charge in [0.25, 0.3) is 0 Å². The fourth-order valence-corrected chi connectivity index (χ4v) is 1.94. The molecule has 130 valence electrons. The summed E-state index contributed by atoms with van der Waals surface area (Å²) in [6.45, 7) is 6.01. The Bertz CT molecular complexity index is 654. The average Bonchev–Trinajstić information content (AvgIpc) is 2.49. The summed E-state index contributed by atoms with van der Waals surface area (Å²) in [5.74, 6) is -3.28. The number of para-hydroxylation sites is 1. The van der Waals surface area contributed by atoms with Crippen molar-refractivity contribution in [1.82, 2.24) is 0 Å². The van der Waals surface area contributed by atoms with E-state index in [1.54, 1.807) is 32.9 Å². The van der Waals surface area contributed by atoms with E-state index >= 15 is 0 Å². The van der Waals surface area contributed by atoms with Crippen molar-refractivity contribution in [2.45, 2.75) is 27.7 Å². The van der Waals surface area contributed by atoms with Crippen molar-refractivity contribution in [3.63, 3.8) is 0 Å². The highest BCUT2D eigenvalue weighted by molar-refractivity contribution is 6.19. The van der Waals surface area contributed by atoms with Crippen molar-refractivity contribution in [1.29, 1.82) is 0 Å². The van der Waals surface area contributed by atoms with Crippen LogP contribution in [0.4, 0.5) is 0 Å². The van der Waals surface area contributed by atoms with Crippen LogP contribution in [0.25, 0.3) is 5.76 Å². The second-order valence-corrected chi connectivity index (χ2v) is 4.71. The highest BCUT2D eigenvalue weighted by atomic mass is 16.6. The molecule has 7 nitrogen and oxygen atoms in total. The molecule has 0 radical (unpaired) electrons. The predicted molar refractivity (Wildman–Crippen MR) is 85.3 cm³/mol. The molecular weight excluding hydrogens is 316 g/mol. The minimum absolute atomic E-state index is 0.0135. The van der Waals surface area contributed by atoms with E-state index in [4.69, 9.17) is 14.2 Å². The van der Waals surface area contributed by atoms with Gasteiger partial charge in [-0.2, -0.15) is 0 Å². The number of aliphatic hydroxyl groups is 1. The van der Waals surface area contributed by atoms with Crippen molar-refractivity contribution in [2.24, 2.45) is 0 Å². The van der Waals surface area contributed by atoms with Gasteiger partial charge in [-0.25, -0.2) is 9.59 Å². The average molecular weight is 336 g/mol. The Morgan fingerprint density at radius 1 is 1.04 bits per heavy atom. The number of ether oxygens (including phenoxy) is 3. The Labute approximate surface area is 139 Å². The van der Waals surface area contributed by atoms with Gasteiger partial charge >= 0.3 is 17.9 Å². The van der Waals surface area contributed by atoms with E-state index in [2.05, 4.69) is 0 Å². The zero-order chi connectivity index (χ0) is 18.3. The van der Waals surface area contributed by atoms with Crippen molar-refractivity contribution < 1.29 is 33.7 Å². The summed E-state index contributed by atoms with van der Waals surface area (Å²) in [5.41, 5.74) is -0.0969. The molecule has 0 heterocycles. The molecule has 1 N–H and O–H groups in total. The zero-order valence-electron chi connectivity index (χ0n) is 14.0. The van der Waals surface area contributed by atoms with Gasteiger partial charge in [0.15, 0.2) is 5.57 Å². The molecule has 0 amide bonds. The van der Waals surface area contributed by atoms with Gasteiger partial charge < -0.3 is 19.3 Å². The molecule has 1 aromatic rings. The zero-order valence-corrected chi connectivity index (χ0v) is 14.0. The fourth-order valence-electron chi connectivity index (χ4n) is 1.94. The van der Waals surface area contributed by atoms with Crippen LogP contribution in [0, 0.1) is 6.92 Å². The molecule has 7 heteroatoms. The van der Waals surface area contributed by atoms with Gasteiger partial charge in [-0.15, -0.1) is 0 Å². The maximum Gasteiger partial charge on any atom is 0.349 e. The third kappa shape index (κ3) is 4.58. The molecule has 0 unspecified atom stereocenters. The van der Waals surface area contributed by atoms with Crippen LogP contribution < -0.4 is 4.74 Å². The quantitative estimate of drug-likeness (QED) is 0.212. The minimum Gasteiger partial charge on any atom is -0.506 e. The molecule has 0 atom stereocenters. The lowest BCUT2D eigenvalue weighted by molar-refractivity contribution is -0.146. The van der Waals surface area contributed by atoms with Crippen LogP contribution >= 0.6 is 0 Å². The number of rotatable bonds is 6. The van der Waals surface area contributed by atoms with E-state index < -0.39 is 29.2 Å². The molecule has 1 rings (SSSR count). The molecule has 0 fully saturated rings. The highest BCUT2D eigenvalue weighted by Crippen LogP contribution is 2.31. The van der Waals surface area contributed by atoms with Gasteiger partial charge in [-0.3, -0.25) is 4.79 Å². The Morgan fingerprint density at radius 3 is 2.04 bits per heavy atom. The first-order chi connectivity index (χ1) is 11.3. The first-order valence-corrected chi connectivity index (χ1v) is 7.39. The van der Waals surface area contributed by atoms with E-state index in [-0.39, 0.29) is 24.5 Å². The van der Waals surface area contributed by atoms with Gasteiger partial charge in [0.2, 0.25) is 0 Å². The summed E-state index contributed by atoms with van der Waals surface area (Å²) in [6.07, 6.45) is 0. The Balaban J connectivity index is 3.54. The normalized spacial score (nSPS) is 9.83. The third-order valence-corrected chi connectivity index (χ3v) is 2.91. The van der Waals surface area contributed by atoms with Crippen LogP contribution in [0.15, 0.2) is 23.8 Å².